The molecule has 0 heterocycles. The van der Waals surface area contributed by atoms with Crippen LogP contribution in [-0.4, -0.2) is 41.0 Å². The molecule has 0 aliphatic heterocycles. The molecule has 1 aliphatic carbocycles. The average Bonchev–Trinajstić information content (AvgIpc) is 2.94. The molecular formula is C17H23ClN2O3. The first-order valence-electron chi connectivity index (χ1n) is 8.05. The number of halogens is 1. The largest absolute Gasteiger partial charge is 0.392 e. The van der Waals surface area contributed by atoms with E-state index in [0.29, 0.717) is 42.2 Å². The van der Waals surface area contributed by atoms with Gasteiger partial charge in [0.2, 0.25) is 5.91 Å². The van der Waals surface area contributed by atoms with Crippen LogP contribution in [0.1, 0.15) is 43.5 Å². The maximum absolute atomic E-state index is 12.3. The number of hydrogen-bond acceptors (Lipinski definition) is 3. The number of nitrogens with zero attached hydrogens (tertiary/aromatic N) is 1. The molecule has 0 radical (unpaired) electrons. The number of carbonyl (C=O) groups is 2. The zero-order chi connectivity index (χ0) is 17.0. The Kier molecular flexibility index (Phi) is 6.02. The van der Waals surface area contributed by atoms with Crippen LogP contribution in [0, 0.1) is 5.92 Å². The Labute approximate surface area is 141 Å². The van der Waals surface area contributed by atoms with Gasteiger partial charge < -0.3 is 15.3 Å². The van der Waals surface area contributed by atoms with Gasteiger partial charge in [-0.2, -0.15) is 0 Å². The highest BCUT2D eigenvalue weighted by molar-refractivity contribution is 6.34. The highest BCUT2D eigenvalue weighted by Gasteiger charge is 2.31. The Morgan fingerprint density at radius 3 is 2.52 bits per heavy atom. The zero-order valence-corrected chi connectivity index (χ0v) is 14.3. The SMILES string of the molecule is CCN(CC)C(=O)c1ccc(NC(=O)C2CCCC2O)cc1Cl. The third kappa shape index (κ3) is 4.03. The van der Waals surface area contributed by atoms with Crippen LogP contribution in [0.15, 0.2) is 18.2 Å². The number of nitrogens with one attached hydrogen (secondary N) is 1. The molecule has 2 atom stereocenters. The summed E-state index contributed by atoms with van der Waals surface area (Å²) < 4.78 is 0. The third-order valence-corrected chi connectivity index (χ3v) is 4.65. The molecule has 6 heteroatoms. The van der Waals surface area contributed by atoms with Crippen LogP contribution < -0.4 is 5.32 Å². The highest BCUT2D eigenvalue weighted by atomic mass is 35.5. The van der Waals surface area contributed by atoms with E-state index in [0.717, 1.165) is 6.42 Å². The van der Waals surface area contributed by atoms with Gasteiger partial charge in [-0.05, 0) is 51.3 Å². The first-order valence-corrected chi connectivity index (χ1v) is 8.43. The van der Waals surface area contributed by atoms with Gasteiger partial charge in [0.25, 0.3) is 5.91 Å². The van der Waals surface area contributed by atoms with Crippen molar-refractivity contribution in [3.63, 3.8) is 0 Å². The molecule has 1 aromatic carbocycles. The van der Waals surface area contributed by atoms with Crippen LogP contribution in [0.25, 0.3) is 0 Å². The predicted molar refractivity (Wildman–Crippen MR) is 90.7 cm³/mol. The van der Waals surface area contributed by atoms with Crippen molar-refractivity contribution >= 4 is 29.1 Å². The normalized spacial score (nSPS) is 20.3. The van der Waals surface area contributed by atoms with Crippen LogP contribution in [0.2, 0.25) is 5.02 Å². The van der Waals surface area contributed by atoms with Crippen molar-refractivity contribution in [2.24, 2.45) is 5.92 Å². The van der Waals surface area contributed by atoms with Crippen molar-refractivity contribution in [1.29, 1.82) is 0 Å². The van der Waals surface area contributed by atoms with Gasteiger partial charge in [0.15, 0.2) is 0 Å². The van der Waals surface area contributed by atoms with E-state index in [-0.39, 0.29) is 17.7 Å². The Morgan fingerprint density at radius 2 is 2.00 bits per heavy atom. The Hall–Kier alpha value is -1.59. The quantitative estimate of drug-likeness (QED) is 0.867. The third-order valence-electron chi connectivity index (χ3n) is 4.33. The minimum absolute atomic E-state index is 0.121. The lowest BCUT2D eigenvalue weighted by atomic mass is 10.1. The number of hydrogen-bond donors (Lipinski definition) is 2. The van der Waals surface area contributed by atoms with E-state index in [1.54, 1.807) is 23.1 Å². The maximum atomic E-state index is 12.3. The summed E-state index contributed by atoms with van der Waals surface area (Å²) in [6.07, 6.45) is 1.64. The topological polar surface area (TPSA) is 69.6 Å². The van der Waals surface area contributed by atoms with Gasteiger partial charge in [0.05, 0.1) is 22.6 Å². The minimum atomic E-state index is -0.575. The maximum Gasteiger partial charge on any atom is 0.255 e. The van der Waals surface area contributed by atoms with Crippen molar-refractivity contribution in [3.8, 4) is 0 Å². The number of rotatable bonds is 5. The smallest absolute Gasteiger partial charge is 0.255 e. The highest BCUT2D eigenvalue weighted by Crippen LogP contribution is 2.28. The second-order valence-electron chi connectivity index (χ2n) is 5.77. The summed E-state index contributed by atoms with van der Waals surface area (Å²) in [5.74, 6) is -0.691. The van der Waals surface area contributed by atoms with Crippen molar-refractivity contribution in [3.05, 3.63) is 28.8 Å². The fourth-order valence-electron chi connectivity index (χ4n) is 2.93. The number of aliphatic hydroxyl groups is 1. The molecule has 2 unspecified atom stereocenters. The van der Waals surface area contributed by atoms with Gasteiger partial charge in [-0.25, -0.2) is 0 Å². The number of aliphatic hydroxyl groups excluding tert-OH is 1. The van der Waals surface area contributed by atoms with Crippen LogP contribution in [-0.2, 0) is 4.79 Å². The summed E-state index contributed by atoms with van der Waals surface area (Å²) in [5, 5.41) is 12.9. The van der Waals surface area contributed by atoms with Crippen LogP contribution in [0.4, 0.5) is 5.69 Å². The van der Waals surface area contributed by atoms with E-state index in [2.05, 4.69) is 5.32 Å². The van der Waals surface area contributed by atoms with Crippen LogP contribution in [0.3, 0.4) is 0 Å². The summed E-state index contributed by atoms with van der Waals surface area (Å²) in [5.41, 5.74) is 0.962. The number of amides is 2. The summed E-state index contributed by atoms with van der Waals surface area (Å²) in [6.45, 7) is 5.06. The van der Waals surface area contributed by atoms with Crippen molar-refractivity contribution in [2.75, 3.05) is 18.4 Å². The lowest BCUT2D eigenvalue weighted by Crippen LogP contribution is -2.31. The summed E-state index contributed by atoms with van der Waals surface area (Å²) in [6, 6.07) is 4.88. The first kappa shape index (κ1) is 17.8. The number of carbonyl (C=O) groups excluding carboxylic acids is 2. The van der Waals surface area contributed by atoms with Gasteiger partial charge in [-0.15, -0.1) is 0 Å². The monoisotopic (exact) mass is 338 g/mol. The van der Waals surface area contributed by atoms with E-state index in [1.807, 2.05) is 13.8 Å². The van der Waals surface area contributed by atoms with Crippen molar-refractivity contribution in [1.82, 2.24) is 4.90 Å². The van der Waals surface area contributed by atoms with E-state index in [1.165, 1.54) is 0 Å². The fourth-order valence-corrected chi connectivity index (χ4v) is 3.19. The second kappa shape index (κ2) is 7.79. The van der Waals surface area contributed by atoms with E-state index in [4.69, 9.17) is 11.6 Å². The van der Waals surface area contributed by atoms with Crippen LogP contribution in [0.5, 0.6) is 0 Å². The van der Waals surface area contributed by atoms with Gasteiger partial charge in [0.1, 0.15) is 0 Å². The summed E-state index contributed by atoms with van der Waals surface area (Å²) in [4.78, 5) is 26.2. The molecule has 2 rings (SSSR count). The lowest BCUT2D eigenvalue weighted by Gasteiger charge is -2.20. The van der Waals surface area contributed by atoms with E-state index >= 15 is 0 Å². The van der Waals surface area contributed by atoms with E-state index in [9.17, 15) is 14.7 Å². The Balaban J connectivity index is 2.10. The minimum Gasteiger partial charge on any atom is -0.392 e. The molecule has 1 aromatic rings. The first-order chi connectivity index (χ1) is 11.0. The Morgan fingerprint density at radius 1 is 1.30 bits per heavy atom. The molecule has 0 bridgehead atoms. The van der Waals surface area contributed by atoms with Crippen molar-refractivity contribution < 1.29 is 14.7 Å². The van der Waals surface area contributed by atoms with Gasteiger partial charge >= 0.3 is 0 Å². The van der Waals surface area contributed by atoms with Gasteiger partial charge in [0, 0.05) is 18.8 Å². The molecule has 0 aromatic heterocycles. The van der Waals surface area contributed by atoms with Gasteiger partial charge in [-0.3, -0.25) is 9.59 Å². The second-order valence-corrected chi connectivity index (χ2v) is 6.17. The summed E-state index contributed by atoms with van der Waals surface area (Å²) >= 11 is 6.21. The van der Waals surface area contributed by atoms with Crippen LogP contribution >= 0.6 is 11.6 Å². The molecule has 2 N–H and O–H groups in total. The molecule has 0 spiro atoms. The molecular weight excluding hydrogens is 316 g/mol. The molecule has 1 saturated carbocycles. The zero-order valence-electron chi connectivity index (χ0n) is 13.5. The Bertz CT molecular complexity index is 587. The predicted octanol–water partition coefficient (Wildman–Crippen LogP) is 2.92. The number of benzene rings is 1. The van der Waals surface area contributed by atoms with E-state index < -0.39 is 6.10 Å². The lowest BCUT2D eigenvalue weighted by molar-refractivity contribution is -0.122. The number of anilines is 1. The average molecular weight is 339 g/mol. The molecule has 5 nitrogen and oxygen atoms in total. The van der Waals surface area contributed by atoms with Gasteiger partial charge in [-0.1, -0.05) is 11.6 Å². The molecule has 1 aliphatic rings. The molecule has 2 amide bonds. The molecule has 1 fully saturated rings. The fraction of sp³-hybridized carbons (Fsp3) is 0.529. The summed E-state index contributed by atoms with van der Waals surface area (Å²) in [7, 11) is 0. The standard InChI is InChI=1S/C17H23ClN2O3/c1-3-20(4-2)17(23)12-9-8-11(10-14(12)18)19-16(22)13-6-5-7-15(13)21/h8-10,13,15,21H,3-7H2,1-2H3,(H,19,22). The molecule has 126 valence electrons. The van der Waals surface area contributed by atoms with Crippen molar-refractivity contribution in [2.45, 2.75) is 39.2 Å². The molecule has 23 heavy (non-hydrogen) atoms. The molecule has 0 saturated heterocycles.